The maximum absolute atomic E-state index is 10.6. The average molecular weight is 187 g/mol. The number of benzene rings is 1. The Labute approximate surface area is 81.2 Å². The highest BCUT2D eigenvalue weighted by atomic mass is 16.1. The SMILES string of the molecule is Cc1cccc(-n2cnnc2C=O)c1. The van der Waals surface area contributed by atoms with Gasteiger partial charge in [0.1, 0.15) is 6.33 Å². The molecule has 4 nitrogen and oxygen atoms in total. The van der Waals surface area contributed by atoms with Crippen molar-refractivity contribution in [2.45, 2.75) is 6.92 Å². The van der Waals surface area contributed by atoms with Gasteiger partial charge in [0.05, 0.1) is 0 Å². The molecule has 0 unspecified atom stereocenters. The highest BCUT2D eigenvalue weighted by molar-refractivity contribution is 5.70. The molecule has 70 valence electrons. The number of aromatic nitrogens is 3. The number of nitrogens with zero attached hydrogens (tertiary/aromatic N) is 3. The molecule has 0 spiro atoms. The van der Waals surface area contributed by atoms with E-state index in [0.29, 0.717) is 12.1 Å². The lowest BCUT2D eigenvalue weighted by molar-refractivity contribution is 0.111. The van der Waals surface area contributed by atoms with Gasteiger partial charge >= 0.3 is 0 Å². The average Bonchev–Trinajstić information content (AvgIpc) is 2.65. The van der Waals surface area contributed by atoms with Crippen LogP contribution in [0.5, 0.6) is 0 Å². The van der Waals surface area contributed by atoms with Gasteiger partial charge in [0.2, 0.25) is 5.82 Å². The molecule has 1 heterocycles. The van der Waals surface area contributed by atoms with Crippen molar-refractivity contribution in [3.8, 4) is 5.69 Å². The number of hydrogen-bond donors (Lipinski definition) is 0. The van der Waals surface area contributed by atoms with Crippen LogP contribution in [-0.2, 0) is 0 Å². The molecule has 0 saturated carbocycles. The standard InChI is InChI=1S/C10H9N3O/c1-8-3-2-4-9(5-8)13-7-11-12-10(13)6-14/h2-7H,1H3. The second kappa shape index (κ2) is 3.41. The maximum Gasteiger partial charge on any atom is 0.201 e. The normalized spacial score (nSPS) is 10.1. The van der Waals surface area contributed by atoms with E-state index in [4.69, 9.17) is 0 Å². The Morgan fingerprint density at radius 3 is 3.00 bits per heavy atom. The Hall–Kier alpha value is -1.97. The Morgan fingerprint density at radius 1 is 1.43 bits per heavy atom. The zero-order valence-electron chi connectivity index (χ0n) is 7.71. The van der Waals surface area contributed by atoms with E-state index in [1.54, 1.807) is 4.57 Å². The summed E-state index contributed by atoms with van der Waals surface area (Å²) < 4.78 is 1.65. The first-order valence-corrected chi connectivity index (χ1v) is 4.23. The third-order valence-electron chi connectivity index (χ3n) is 1.96. The zero-order valence-corrected chi connectivity index (χ0v) is 7.71. The molecule has 1 aromatic heterocycles. The fourth-order valence-electron chi connectivity index (χ4n) is 1.30. The fourth-order valence-corrected chi connectivity index (χ4v) is 1.30. The van der Waals surface area contributed by atoms with Gasteiger partial charge in [0.15, 0.2) is 6.29 Å². The molecular weight excluding hydrogens is 178 g/mol. The first-order valence-electron chi connectivity index (χ1n) is 4.23. The van der Waals surface area contributed by atoms with Crippen LogP contribution < -0.4 is 0 Å². The van der Waals surface area contributed by atoms with Gasteiger partial charge in [-0.25, -0.2) is 0 Å². The Morgan fingerprint density at radius 2 is 2.29 bits per heavy atom. The van der Waals surface area contributed by atoms with Crippen LogP contribution in [-0.4, -0.2) is 21.1 Å². The molecule has 0 N–H and O–H groups in total. The predicted molar refractivity (Wildman–Crippen MR) is 51.5 cm³/mol. The first kappa shape index (κ1) is 8.62. The molecule has 0 radical (unpaired) electrons. The van der Waals surface area contributed by atoms with Crippen molar-refractivity contribution in [3.05, 3.63) is 42.0 Å². The summed E-state index contributed by atoms with van der Waals surface area (Å²) in [4.78, 5) is 10.6. The van der Waals surface area contributed by atoms with Crippen LogP contribution in [0.2, 0.25) is 0 Å². The molecule has 1 aromatic carbocycles. The van der Waals surface area contributed by atoms with Crippen LogP contribution in [0.1, 0.15) is 16.2 Å². The summed E-state index contributed by atoms with van der Waals surface area (Å²) in [5.74, 6) is 0.315. The van der Waals surface area contributed by atoms with E-state index in [9.17, 15) is 4.79 Å². The summed E-state index contributed by atoms with van der Waals surface area (Å²) >= 11 is 0. The van der Waals surface area contributed by atoms with E-state index in [2.05, 4.69) is 10.2 Å². The number of aldehydes is 1. The second-order valence-electron chi connectivity index (χ2n) is 3.02. The third kappa shape index (κ3) is 1.42. The van der Waals surface area contributed by atoms with Crippen molar-refractivity contribution in [1.29, 1.82) is 0 Å². The van der Waals surface area contributed by atoms with Crippen molar-refractivity contribution in [1.82, 2.24) is 14.8 Å². The van der Waals surface area contributed by atoms with Crippen LogP contribution in [0.25, 0.3) is 5.69 Å². The molecule has 0 fully saturated rings. The van der Waals surface area contributed by atoms with Gasteiger partial charge in [-0.15, -0.1) is 10.2 Å². The number of carbonyl (C=O) groups excluding carboxylic acids is 1. The minimum Gasteiger partial charge on any atom is -0.294 e. The monoisotopic (exact) mass is 187 g/mol. The van der Waals surface area contributed by atoms with Gasteiger partial charge in [-0.05, 0) is 24.6 Å². The van der Waals surface area contributed by atoms with Gasteiger partial charge in [-0.3, -0.25) is 9.36 Å². The smallest absolute Gasteiger partial charge is 0.201 e. The lowest BCUT2D eigenvalue weighted by Crippen LogP contribution is -1.98. The molecule has 0 aliphatic rings. The quantitative estimate of drug-likeness (QED) is 0.667. The number of hydrogen-bond acceptors (Lipinski definition) is 3. The first-order chi connectivity index (χ1) is 6.81. The maximum atomic E-state index is 10.6. The Balaban J connectivity index is 2.54. The highest BCUT2D eigenvalue weighted by Gasteiger charge is 2.03. The van der Waals surface area contributed by atoms with Crippen LogP contribution >= 0.6 is 0 Å². The molecule has 14 heavy (non-hydrogen) atoms. The number of aryl methyl sites for hydroxylation is 1. The van der Waals surface area contributed by atoms with E-state index in [1.165, 1.54) is 6.33 Å². The molecule has 2 aromatic rings. The van der Waals surface area contributed by atoms with Crippen molar-refractivity contribution in [2.24, 2.45) is 0 Å². The lowest BCUT2D eigenvalue weighted by Gasteiger charge is -2.03. The number of carbonyl (C=O) groups is 1. The molecule has 0 amide bonds. The molecule has 0 bridgehead atoms. The topological polar surface area (TPSA) is 47.8 Å². The largest absolute Gasteiger partial charge is 0.294 e. The summed E-state index contributed by atoms with van der Waals surface area (Å²) in [6.07, 6.45) is 2.22. The summed E-state index contributed by atoms with van der Waals surface area (Å²) in [6.45, 7) is 1.99. The van der Waals surface area contributed by atoms with Crippen molar-refractivity contribution >= 4 is 6.29 Å². The number of rotatable bonds is 2. The van der Waals surface area contributed by atoms with Crippen LogP contribution in [0.15, 0.2) is 30.6 Å². The third-order valence-corrected chi connectivity index (χ3v) is 1.96. The molecule has 0 atom stereocenters. The summed E-state index contributed by atoms with van der Waals surface area (Å²) in [7, 11) is 0. The highest BCUT2D eigenvalue weighted by Crippen LogP contribution is 2.10. The second-order valence-corrected chi connectivity index (χ2v) is 3.02. The molecule has 4 heteroatoms. The minimum atomic E-state index is 0.315. The molecular formula is C10H9N3O. The van der Waals surface area contributed by atoms with E-state index >= 15 is 0 Å². The van der Waals surface area contributed by atoms with Gasteiger partial charge in [0.25, 0.3) is 0 Å². The Kier molecular flexibility index (Phi) is 2.10. The Bertz CT molecular complexity index is 462. The van der Waals surface area contributed by atoms with Gasteiger partial charge < -0.3 is 0 Å². The summed E-state index contributed by atoms with van der Waals surface area (Å²) in [6, 6.07) is 7.80. The van der Waals surface area contributed by atoms with Crippen molar-refractivity contribution in [3.63, 3.8) is 0 Å². The molecule has 2 rings (SSSR count). The van der Waals surface area contributed by atoms with Crippen molar-refractivity contribution < 1.29 is 4.79 Å². The summed E-state index contributed by atoms with van der Waals surface area (Å²) in [5, 5.41) is 7.37. The van der Waals surface area contributed by atoms with Gasteiger partial charge in [0, 0.05) is 5.69 Å². The molecule has 0 aliphatic carbocycles. The van der Waals surface area contributed by atoms with Crippen LogP contribution in [0.4, 0.5) is 0 Å². The van der Waals surface area contributed by atoms with E-state index in [1.807, 2.05) is 31.2 Å². The van der Waals surface area contributed by atoms with Gasteiger partial charge in [-0.2, -0.15) is 0 Å². The van der Waals surface area contributed by atoms with Crippen LogP contribution in [0, 0.1) is 6.92 Å². The molecule has 0 saturated heterocycles. The molecule has 0 aliphatic heterocycles. The van der Waals surface area contributed by atoms with E-state index < -0.39 is 0 Å². The van der Waals surface area contributed by atoms with E-state index in [-0.39, 0.29) is 0 Å². The van der Waals surface area contributed by atoms with Crippen molar-refractivity contribution in [2.75, 3.05) is 0 Å². The van der Waals surface area contributed by atoms with Gasteiger partial charge in [-0.1, -0.05) is 12.1 Å². The summed E-state index contributed by atoms with van der Waals surface area (Å²) in [5.41, 5.74) is 2.03. The zero-order chi connectivity index (χ0) is 9.97. The predicted octanol–water partition coefficient (Wildman–Crippen LogP) is 1.39. The minimum absolute atomic E-state index is 0.315. The lowest BCUT2D eigenvalue weighted by atomic mass is 10.2. The van der Waals surface area contributed by atoms with E-state index in [0.717, 1.165) is 11.3 Å². The fraction of sp³-hybridized carbons (Fsp3) is 0.100. The van der Waals surface area contributed by atoms with Crippen LogP contribution in [0.3, 0.4) is 0 Å².